The van der Waals surface area contributed by atoms with Crippen molar-refractivity contribution < 1.29 is 9.53 Å². The van der Waals surface area contributed by atoms with Crippen molar-refractivity contribution in [3.05, 3.63) is 0 Å². The highest BCUT2D eigenvalue weighted by atomic mass is 79.9. The SMILES string of the molecule is O=C(CCCCC1CCSS1)OCCCCCCCCCCBr. The first-order chi connectivity index (χ1) is 11.3. The summed E-state index contributed by atoms with van der Waals surface area (Å²) in [5.41, 5.74) is 0. The van der Waals surface area contributed by atoms with Gasteiger partial charge < -0.3 is 4.74 Å². The van der Waals surface area contributed by atoms with Gasteiger partial charge in [-0.05, 0) is 32.1 Å². The largest absolute Gasteiger partial charge is 0.466 e. The minimum absolute atomic E-state index is 0.00761. The number of carbonyl (C=O) groups is 1. The minimum atomic E-state index is 0.00761. The molecule has 0 aromatic carbocycles. The molecule has 0 aliphatic carbocycles. The molecule has 1 unspecified atom stereocenters. The number of unbranched alkanes of at least 4 members (excludes halogenated alkanes) is 8. The average molecular weight is 425 g/mol. The fourth-order valence-electron chi connectivity index (χ4n) is 2.72. The predicted molar refractivity (Wildman–Crippen MR) is 109 cm³/mol. The van der Waals surface area contributed by atoms with Crippen LogP contribution in [0.5, 0.6) is 0 Å². The molecule has 23 heavy (non-hydrogen) atoms. The number of hydrogen-bond acceptors (Lipinski definition) is 4. The van der Waals surface area contributed by atoms with Gasteiger partial charge in [0.2, 0.25) is 0 Å². The molecule has 0 amide bonds. The summed E-state index contributed by atoms with van der Waals surface area (Å²) in [6.07, 6.45) is 15.6. The summed E-state index contributed by atoms with van der Waals surface area (Å²) in [5.74, 6) is 1.31. The van der Waals surface area contributed by atoms with Crippen LogP contribution < -0.4 is 0 Å². The third-order valence-electron chi connectivity index (χ3n) is 4.18. The summed E-state index contributed by atoms with van der Waals surface area (Å²) < 4.78 is 5.32. The number of carbonyl (C=O) groups excluding carboxylic acids is 1. The van der Waals surface area contributed by atoms with Crippen LogP contribution in [-0.2, 0) is 9.53 Å². The van der Waals surface area contributed by atoms with Crippen LogP contribution in [0.1, 0.15) is 83.5 Å². The number of hydrogen-bond donors (Lipinski definition) is 0. The molecule has 1 atom stereocenters. The zero-order valence-electron chi connectivity index (χ0n) is 14.4. The van der Waals surface area contributed by atoms with E-state index in [9.17, 15) is 4.79 Å². The molecular formula is C18H33BrO2S2. The van der Waals surface area contributed by atoms with Crippen molar-refractivity contribution in [1.29, 1.82) is 0 Å². The Kier molecular flexibility index (Phi) is 15.2. The summed E-state index contributed by atoms with van der Waals surface area (Å²) in [5, 5.41) is 1.97. The van der Waals surface area contributed by atoms with E-state index in [0.29, 0.717) is 13.0 Å². The quantitative estimate of drug-likeness (QED) is 0.125. The second-order valence-electron chi connectivity index (χ2n) is 6.31. The van der Waals surface area contributed by atoms with Crippen molar-refractivity contribution in [2.24, 2.45) is 0 Å². The van der Waals surface area contributed by atoms with Gasteiger partial charge in [-0.25, -0.2) is 0 Å². The normalized spacial score (nSPS) is 17.5. The lowest BCUT2D eigenvalue weighted by atomic mass is 10.1. The van der Waals surface area contributed by atoms with E-state index in [2.05, 4.69) is 15.9 Å². The average Bonchev–Trinajstić information content (AvgIpc) is 3.07. The van der Waals surface area contributed by atoms with Crippen molar-refractivity contribution >= 4 is 43.5 Å². The van der Waals surface area contributed by atoms with Crippen molar-refractivity contribution in [2.75, 3.05) is 17.7 Å². The molecule has 1 aliphatic rings. The Morgan fingerprint density at radius 1 is 0.957 bits per heavy atom. The van der Waals surface area contributed by atoms with Crippen LogP contribution >= 0.6 is 37.5 Å². The number of rotatable bonds is 15. The number of ether oxygens (including phenoxy) is 1. The Labute approximate surface area is 159 Å². The maximum Gasteiger partial charge on any atom is 0.305 e. The lowest BCUT2D eigenvalue weighted by Gasteiger charge is -2.07. The third kappa shape index (κ3) is 13.6. The van der Waals surface area contributed by atoms with Gasteiger partial charge in [-0.3, -0.25) is 4.79 Å². The molecule has 0 radical (unpaired) electrons. The van der Waals surface area contributed by atoms with Gasteiger partial charge in [-0.1, -0.05) is 82.5 Å². The highest BCUT2D eigenvalue weighted by Gasteiger charge is 2.15. The molecule has 0 aromatic rings. The maximum atomic E-state index is 11.6. The summed E-state index contributed by atoms with van der Waals surface area (Å²) >= 11 is 3.46. The second-order valence-corrected chi connectivity index (χ2v) is 9.89. The monoisotopic (exact) mass is 424 g/mol. The van der Waals surface area contributed by atoms with E-state index in [1.165, 1.54) is 70.0 Å². The molecule has 1 fully saturated rings. The van der Waals surface area contributed by atoms with Crippen LogP contribution in [0.25, 0.3) is 0 Å². The molecule has 1 rings (SSSR count). The van der Waals surface area contributed by atoms with Crippen LogP contribution in [0.15, 0.2) is 0 Å². The van der Waals surface area contributed by atoms with Crippen LogP contribution in [0.4, 0.5) is 0 Å². The van der Waals surface area contributed by atoms with Crippen molar-refractivity contribution in [2.45, 2.75) is 88.7 Å². The van der Waals surface area contributed by atoms with Crippen molar-refractivity contribution in [3.8, 4) is 0 Å². The second kappa shape index (κ2) is 16.1. The standard InChI is InChI=1S/C18H33BrO2S2/c19-14-9-5-3-1-2-4-6-10-15-21-18(20)12-8-7-11-17-13-16-22-23-17/h17H,1-16H2. The Hall–Kier alpha value is 0.650. The van der Waals surface area contributed by atoms with Gasteiger partial charge >= 0.3 is 5.97 Å². The Morgan fingerprint density at radius 2 is 1.65 bits per heavy atom. The predicted octanol–water partition coefficient (Wildman–Crippen LogP) is 6.76. The van der Waals surface area contributed by atoms with Crippen molar-refractivity contribution in [1.82, 2.24) is 0 Å². The molecule has 0 bridgehead atoms. The molecule has 1 heterocycles. The van der Waals surface area contributed by atoms with E-state index in [1.54, 1.807) is 0 Å². The Morgan fingerprint density at radius 3 is 2.30 bits per heavy atom. The molecule has 2 nitrogen and oxygen atoms in total. The van der Waals surface area contributed by atoms with Gasteiger partial charge in [0.1, 0.15) is 0 Å². The van der Waals surface area contributed by atoms with Gasteiger partial charge in [0, 0.05) is 22.8 Å². The first-order valence-electron chi connectivity index (χ1n) is 9.33. The smallest absolute Gasteiger partial charge is 0.305 e. The van der Waals surface area contributed by atoms with E-state index < -0.39 is 0 Å². The summed E-state index contributed by atoms with van der Waals surface area (Å²) in [6.45, 7) is 0.623. The van der Waals surface area contributed by atoms with E-state index in [4.69, 9.17) is 4.74 Å². The molecule has 1 saturated heterocycles. The first kappa shape index (κ1) is 21.7. The van der Waals surface area contributed by atoms with Crippen LogP contribution in [0.3, 0.4) is 0 Å². The van der Waals surface area contributed by atoms with Gasteiger partial charge in [0.05, 0.1) is 6.61 Å². The molecule has 0 saturated carbocycles. The Bertz CT molecular complexity index is 284. The van der Waals surface area contributed by atoms with Gasteiger partial charge in [0.25, 0.3) is 0 Å². The van der Waals surface area contributed by atoms with E-state index in [0.717, 1.165) is 23.4 Å². The highest BCUT2D eigenvalue weighted by Crippen LogP contribution is 2.39. The minimum Gasteiger partial charge on any atom is -0.466 e. The summed E-state index contributed by atoms with van der Waals surface area (Å²) in [6, 6.07) is 0. The molecular weight excluding hydrogens is 392 g/mol. The maximum absolute atomic E-state index is 11.6. The lowest BCUT2D eigenvalue weighted by Crippen LogP contribution is -2.06. The number of halogens is 1. The molecule has 136 valence electrons. The van der Waals surface area contributed by atoms with E-state index >= 15 is 0 Å². The number of alkyl halides is 1. The van der Waals surface area contributed by atoms with Crippen molar-refractivity contribution in [3.63, 3.8) is 0 Å². The summed E-state index contributed by atoms with van der Waals surface area (Å²) in [4.78, 5) is 11.6. The fraction of sp³-hybridized carbons (Fsp3) is 0.944. The summed E-state index contributed by atoms with van der Waals surface area (Å²) in [7, 11) is 4.02. The van der Waals surface area contributed by atoms with Gasteiger partial charge in [-0.15, -0.1) is 0 Å². The molecule has 0 N–H and O–H groups in total. The Balaban J connectivity index is 1.75. The number of esters is 1. The van der Waals surface area contributed by atoms with E-state index in [1.807, 2.05) is 21.6 Å². The van der Waals surface area contributed by atoms with E-state index in [-0.39, 0.29) is 5.97 Å². The molecule has 1 aliphatic heterocycles. The molecule has 0 spiro atoms. The third-order valence-corrected chi connectivity index (χ3v) is 7.74. The topological polar surface area (TPSA) is 26.3 Å². The van der Waals surface area contributed by atoms with Gasteiger partial charge in [0.15, 0.2) is 0 Å². The van der Waals surface area contributed by atoms with Gasteiger partial charge in [-0.2, -0.15) is 0 Å². The zero-order chi connectivity index (χ0) is 16.6. The van der Waals surface area contributed by atoms with Crippen LogP contribution in [0, 0.1) is 0 Å². The van der Waals surface area contributed by atoms with Crippen LogP contribution in [-0.4, -0.2) is 28.9 Å². The first-order valence-corrected chi connectivity index (χ1v) is 12.8. The highest BCUT2D eigenvalue weighted by molar-refractivity contribution is 9.09. The lowest BCUT2D eigenvalue weighted by molar-refractivity contribution is -0.143. The molecule has 5 heteroatoms. The fourth-order valence-corrected chi connectivity index (χ4v) is 6.15. The zero-order valence-corrected chi connectivity index (χ0v) is 17.6. The molecule has 0 aromatic heterocycles. The van der Waals surface area contributed by atoms with Crippen LogP contribution in [0.2, 0.25) is 0 Å².